The van der Waals surface area contributed by atoms with Crippen LogP contribution in [0.4, 0.5) is 0 Å². The van der Waals surface area contributed by atoms with E-state index in [9.17, 15) is 9.90 Å². The smallest absolute Gasteiger partial charge is 0.309 e. The number of aromatic nitrogens is 2. The highest BCUT2D eigenvalue weighted by Gasteiger charge is 2.42. The van der Waals surface area contributed by atoms with Gasteiger partial charge < -0.3 is 9.84 Å². The molecule has 134 valence electrons. The molecule has 0 aliphatic heterocycles. The number of carbonyl (C=O) groups is 1. The van der Waals surface area contributed by atoms with Crippen LogP contribution in [0.2, 0.25) is 0 Å². The Hall–Kier alpha value is -2.71. The fourth-order valence-corrected chi connectivity index (χ4v) is 3.44. The summed E-state index contributed by atoms with van der Waals surface area (Å²) >= 11 is 0. The number of aliphatic hydroxyl groups is 1. The van der Waals surface area contributed by atoms with Crippen molar-refractivity contribution in [2.24, 2.45) is 5.92 Å². The van der Waals surface area contributed by atoms with Gasteiger partial charge in [0.25, 0.3) is 0 Å². The summed E-state index contributed by atoms with van der Waals surface area (Å²) in [6.07, 6.45) is 6.05. The van der Waals surface area contributed by atoms with E-state index in [0.717, 1.165) is 5.56 Å². The average Bonchev–Trinajstić information content (AvgIpc) is 2.68. The van der Waals surface area contributed by atoms with Gasteiger partial charge in [0.1, 0.15) is 11.3 Å². The normalized spacial score (nSPS) is 25.0. The Morgan fingerprint density at radius 2 is 2.15 bits per heavy atom. The SMILES string of the molecule is CCOC(=O)[C@@H]1CCC(O)(C#Cc2cnccn2)C[C@H]1c1ccccc1. The summed E-state index contributed by atoms with van der Waals surface area (Å²) in [7, 11) is 0. The predicted octanol–water partition coefficient (Wildman–Crippen LogP) is 2.71. The number of carbonyl (C=O) groups excluding carboxylic acids is 1. The third kappa shape index (κ3) is 4.27. The van der Waals surface area contributed by atoms with Gasteiger partial charge in [-0.3, -0.25) is 9.78 Å². The second kappa shape index (κ2) is 8.11. The van der Waals surface area contributed by atoms with E-state index in [4.69, 9.17) is 4.74 Å². The molecule has 0 bridgehead atoms. The highest BCUT2D eigenvalue weighted by Crippen LogP contribution is 2.43. The van der Waals surface area contributed by atoms with Gasteiger partial charge >= 0.3 is 5.97 Å². The maximum atomic E-state index is 12.4. The minimum absolute atomic E-state index is 0.134. The minimum atomic E-state index is -1.17. The molecule has 1 heterocycles. The lowest BCUT2D eigenvalue weighted by atomic mass is 9.69. The predicted molar refractivity (Wildman–Crippen MR) is 97.0 cm³/mol. The monoisotopic (exact) mass is 350 g/mol. The third-order valence-electron chi connectivity index (χ3n) is 4.72. The number of hydrogen-bond donors (Lipinski definition) is 1. The number of nitrogens with zero attached hydrogens (tertiary/aromatic N) is 2. The fourth-order valence-electron chi connectivity index (χ4n) is 3.44. The summed E-state index contributed by atoms with van der Waals surface area (Å²) in [5, 5.41) is 11.0. The Morgan fingerprint density at radius 1 is 1.35 bits per heavy atom. The van der Waals surface area contributed by atoms with Crippen molar-refractivity contribution in [3.05, 3.63) is 60.2 Å². The first-order chi connectivity index (χ1) is 12.6. The molecule has 3 atom stereocenters. The molecule has 1 unspecified atom stereocenters. The second-order valence-corrected chi connectivity index (χ2v) is 6.49. The van der Waals surface area contributed by atoms with Gasteiger partial charge in [0.15, 0.2) is 0 Å². The van der Waals surface area contributed by atoms with E-state index in [0.29, 0.717) is 31.6 Å². The lowest BCUT2D eigenvalue weighted by Gasteiger charge is -2.38. The Kier molecular flexibility index (Phi) is 5.65. The molecular weight excluding hydrogens is 328 g/mol. The Bertz CT molecular complexity index is 798. The molecule has 0 amide bonds. The molecule has 5 heteroatoms. The van der Waals surface area contributed by atoms with Crippen LogP contribution < -0.4 is 0 Å². The van der Waals surface area contributed by atoms with Crippen LogP contribution in [0.5, 0.6) is 0 Å². The highest BCUT2D eigenvalue weighted by molar-refractivity contribution is 5.74. The number of esters is 1. The van der Waals surface area contributed by atoms with Gasteiger partial charge in [-0.25, -0.2) is 4.98 Å². The standard InChI is InChI=1S/C21H22N2O3/c1-2-26-20(24)18-9-11-21(25,10-8-17-15-22-12-13-23-17)14-19(18)16-6-4-3-5-7-16/h3-7,12-13,15,18-19,25H,2,9,11,14H2,1H3/t18-,19+,21?/m1/s1. The first-order valence-corrected chi connectivity index (χ1v) is 8.84. The van der Waals surface area contributed by atoms with Gasteiger partial charge in [-0.2, -0.15) is 0 Å². The van der Waals surface area contributed by atoms with Gasteiger partial charge in [-0.05, 0) is 37.7 Å². The van der Waals surface area contributed by atoms with Crippen LogP contribution in [0.3, 0.4) is 0 Å². The Morgan fingerprint density at radius 3 is 2.85 bits per heavy atom. The zero-order valence-corrected chi connectivity index (χ0v) is 14.8. The summed E-state index contributed by atoms with van der Waals surface area (Å²) < 4.78 is 5.26. The van der Waals surface area contributed by atoms with E-state index in [1.807, 2.05) is 30.3 Å². The van der Waals surface area contributed by atoms with Crippen LogP contribution in [0, 0.1) is 17.8 Å². The van der Waals surface area contributed by atoms with Gasteiger partial charge in [0.2, 0.25) is 0 Å². The van der Waals surface area contributed by atoms with E-state index in [-0.39, 0.29) is 17.8 Å². The van der Waals surface area contributed by atoms with Crippen LogP contribution in [0.15, 0.2) is 48.9 Å². The molecule has 5 nitrogen and oxygen atoms in total. The van der Waals surface area contributed by atoms with Crippen molar-refractivity contribution in [1.82, 2.24) is 9.97 Å². The molecule has 26 heavy (non-hydrogen) atoms. The molecule has 0 spiro atoms. The lowest BCUT2D eigenvalue weighted by molar-refractivity contribution is -0.151. The van der Waals surface area contributed by atoms with Crippen LogP contribution in [0.1, 0.15) is 43.4 Å². The Balaban J connectivity index is 1.86. The molecule has 1 fully saturated rings. The quantitative estimate of drug-likeness (QED) is 0.681. The zero-order chi connectivity index (χ0) is 18.4. The van der Waals surface area contributed by atoms with E-state index in [1.165, 1.54) is 0 Å². The van der Waals surface area contributed by atoms with E-state index >= 15 is 0 Å². The minimum Gasteiger partial charge on any atom is -0.466 e. The zero-order valence-electron chi connectivity index (χ0n) is 14.8. The number of hydrogen-bond acceptors (Lipinski definition) is 5. The van der Waals surface area contributed by atoms with Crippen molar-refractivity contribution >= 4 is 5.97 Å². The molecule has 1 aliphatic carbocycles. The first kappa shape index (κ1) is 18.1. The van der Waals surface area contributed by atoms with Gasteiger partial charge in [-0.1, -0.05) is 36.3 Å². The lowest BCUT2D eigenvalue weighted by Crippen LogP contribution is -2.40. The Labute approximate surface area is 153 Å². The molecule has 1 saturated carbocycles. The summed E-state index contributed by atoms with van der Waals surface area (Å²) in [4.78, 5) is 20.5. The first-order valence-electron chi connectivity index (χ1n) is 8.84. The second-order valence-electron chi connectivity index (χ2n) is 6.49. The highest BCUT2D eigenvalue weighted by atomic mass is 16.5. The van der Waals surface area contributed by atoms with Crippen molar-refractivity contribution in [2.45, 2.75) is 37.7 Å². The van der Waals surface area contributed by atoms with Crippen LogP contribution in [-0.2, 0) is 9.53 Å². The summed E-state index contributed by atoms with van der Waals surface area (Å²) in [5.41, 5.74) is 0.371. The average molecular weight is 350 g/mol. The maximum absolute atomic E-state index is 12.4. The molecule has 0 saturated heterocycles. The van der Waals surface area contributed by atoms with Gasteiger partial charge in [-0.15, -0.1) is 0 Å². The van der Waals surface area contributed by atoms with E-state index in [1.54, 1.807) is 25.5 Å². The van der Waals surface area contributed by atoms with Crippen molar-refractivity contribution in [3.63, 3.8) is 0 Å². The molecule has 3 rings (SSSR count). The van der Waals surface area contributed by atoms with Gasteiger partial charge in [0.05, 0.1) is 18.7 Å². The van der Waals surface area contributed by atoms with Crippen LogP contribution in [-0.4, -0.2) is 33.3 Å². The largest absolute Gasteiger partial charge is 0.466 e. The van der Waals surface area contributed by atoms with E-state index < -0.39 is 5.60 Å². The topological polar surface area (TPSA) is 72.3 Å². The summed E-state index contributed by atoms with van der Waals surface area (Å²) in [6.45, 7) is 2.16. The molecule has 1 aromatic heterocycles. The maximum Gasteiger partial charge on any atom is 0.309 e. The van der Waals surface area contributed by atoms with Crippen molar-refractivity contribution in [2.75, 3.05) is 6.61 Å². The third-order valence-corrected chi connectivity index (χ3v) is 4.72. The van der Waals surface area contributed by atoms with E-state index in [2.05, 4.69) is 21.8 Å². The van der Waals surface area contributed by atoms with Crippen molar-refractivity contribution in [3.8, 4) is 11.8 Å². The molecule has 1 N–H and O–H groups in total. The molecule has 1 aliphatic rings. The van der Waals surface area contributed by atoms with Crippen LogP contribution >= 0.6 is 0 Å². The van der Waals surface area contributed by atoms with Crippen molar-refractivity contribution < 1.29 is 14.6 Å². The molecule has 2 aromatic rings. The molecular formula is C21H22N2O3. The van der Waals surface area contributed by atoms with Gasteiger partial charge in [0, 0.05) is 18.3 Å². The fraction of sp³-hybridized carbons (Fsp3) is 0.381. The number of benzene rings is 1. The van der Waals surface area contributed by atoms with Crippen LogP contribution in [0.25, 0.3) is 0 Å². The number of rotatable bonds is 3. The molecule has 0 radical (unpaired) electrons. The molecule has 1 aromatic carbocycles. The summed E-state index contributed by atoms with van der Waals surface area (Å²) in [6, 6.07) is 9.79. The van der Waals surface area contributed by atoms with Crippen molar-refractivity contribution in [1.29, 1.82) is 0 Å². The summed E-state index contributed by atoms with van der Waals surface area (Å²) in [5.74, 6) is 5.26. The number of ether oxygens (including phenoxy) is 1.